The maximum atomic E-state index is 14.0. The van der Waals surface area contributed by atoms with Crippen LogP contribution >= 0.6 is 0 Å². The third-order valence-electron chi connectivity index (χ3n) is 20.3. The zero-order valence-corrected chi connectivity index (χ0v) is 68.6. The lowest BCUT2D eigenvalue weighted by molar-refractivity contribution is -0.475. The Morgan fingerprint density at radius 3 is 1.06 bits per heavy atom. The number of hydrogen-bond acceptors (Lipinski definition) is 29. The summed E-state index contributed by atoms with van der Waals surface area (Å²) in [6.07, 6.45) is -3.05. The summed E-state index contributed by atoms with van der Waals surface area (Å²) in [6, 6.07) is -2.19. The number of amides is 10. The third-order valence-corrected chi connectivity index (χ3v) is 20.3. The monoisotopic (exact) mass is 1660 g/mol. The molecule has 4 aliphatic rings. The lowest BCUT2D eigenvalue weighted by Gasteiger charge is -2.73. The normalized spacial score (nSPS) is 25.3. The van der Waals surface area contributed by atoms with Gasteiger partial charge in [0.2, 0.25) is 59.1 Å². The zero-order chi connectivity index (χ0) is 85.7. The van der Waals surface area contributed by atoms with Crippen LogP contribution in [-0.2, 0) is 95.4 Å². The number of fused-ring (bicyclic) bond motifs is 1. The SMILES string of the molecule is CC(=O)NC1C(O)[C@H](O)C(CO)O[C@H]1OCCCCC(=O)NCCCNC(=O)CCOCC(COCCC(=O)NCCCNC(=O)CCCCO[C@@H]1OC(CO)[C@@H](O)C(O)C1NC(C)=O)(COCCC(=O)NCCCNC(=O)CCCCO[C@@H]1OC2(CO)[C@@H](O)C(O)C12NC(C)=O)NC(=O)CCCCCCCCCCC(=O)C(C)(C)C. The van der Waals surface area contributed by atoms with E-state index in [1.54, 1.807) is 0 Å². The molecule has 9 unspecified atom stereocenters. The van der Waals surface area contributed by atoms with Gasteiger partial charge in [-0.2, -0.15) is 0 Å². The van der Waals surface area contributed by atoms with Crippen molar-refractivity contribution in [3.05, 3.63) is 0 Å². The van der Waals surface area contributed by atoms with Gasteiger partial charge in [0.15, 0.2) is 30.0 Å². The van der Waals surface area contributed by atoms with Crippen LogP contribution in [0, 0.1) is 5.41 Å². The summed E-state index contributed by atoms with van der Waals surface area (Å²) in [6.45, 7) is 8.18. The van der Waals surface area contributed by atoms with E-state index in [1.807, 2.05) is 20.8 Å². The van der Waals surface area contributed by atoms with Crippen molar-refractivity contribution in [1.82, 2.24) is 53.2 Å². The number of unbranched alkanes of at least 4 members (excludes halogenated alkanes) is 10. The Kier molecular flexibility index (Phi) is 48.1. The van der Waals surface area contributed by atoms with Crippen molar-refractivity contribution >= 4 is 64.9 Å². The fourth-order valence-corrected chi connectivity index (χ4v) is 13.6. The topological polar surface area (TPSA) is 573 Å². The molecule has 4 fully saturated rings. The molecule has 3 saturated heterocycles. The molecule has 0 radical (unpaired) electrons. The molecule has 39 nitrogen and oxygen atoms in total. The highest BCUT2D eigenvalue weighted by Gasteiger charge is 2.85. The van der Waals surface area contributed by atoms with Gasteiger partial charge in [-0.25, -0.2) is 0 Å². The lowest BCUT2D eigenvalue weighted by Crippen LogP contribution is -3.00. The van der Waals surface area contributed by atoms with Crippen molar-refractivity contribution in [2.24, 2.45) is 5.41 Å². The molecule has 3 aliphatic heterocycles. The van der Waals surface area contributed by atoms with Gasteiger partial charge in [0.1, 0.15) is 72.2 Å². The van der Waals surface area contributed by atoms with Crippen LogP contribution in [-0.4, -0.2) is 326 Å². The van der Waals surface area contributed by atoms with Crippen molar-refractivity contribution in [2.45, 2.75) is 299 Å². The van der Waals surface area contributed by atoms with Gasteiger partial charge in [0.05, 0.1) is 59.5 Å². The minimum atomic E-state index is -1.59. The van der Waals surface area contributed by atoms with Gasteiger partial charge in [-0.15, -0.1) is 0 Å². The van der Waals surface area contributed by atoms with Crippen LogP contribution in [0.2, 0.25) is 0 Å². The molecule has 1 aliphatic carbocycles. The summed E-state index contributed by atoms with van der Waals surface area (Å²) < 4.78 is 52.2. The number of ketones is 1. The number of aliphatic hydroxyl groups is 9. The number of carbonyl (C=O) groups is 11. The molecule has 0 aromatic heterocycles. The predicted octanol–water partition coefficient (Wildman–Crippen LogP) is -3.41. The van der Waals surface area contributed by atoms with Crippen molar-refractivity contribution in [1.29, 1.82) is 0 Å². The standard InChI is InChI=1S/C77H136N10O29/c1-50(91)84-63-67(104)65(102)53(44-88)114-71(63)111-38-18-15-25-56(95)78-32-21-35-81-59(98)29-41-108-47-75(87-62(101)28-14-12-10-8-7-9-11-13-24-55(94)74(4,5)6,48-109-42-30-60(99)82-36-22-33-79-57(96)26-16-19-39-112-72-64(85-51(2)92)68(105)66(103)54(45-89)115-72)49-110-43-31-61(100)83-37-23-34-80-58(97)27-17-20-40-113-73-77(86-52(3)93)70(107)69(106)76(77,46-90)116-73/h53-54,63-73,88-90,102-107H,7-49H2,1-6H3,(H,78,95)(H,79,96)(H,80,97)(H,81,98)(H,82,99)(H,83,100)(H,84,91)(H,85,92)(H,86,93)(H,87,101)/t53?,54?,63?,64?,65-,66-,67?,68?,69+,70?,71-,72-,73-,75?,76?,77?/m1/s1. The molecule has 116 heavy (non-hydrogen) atoms. The van der Waals surface area contributed by atoms with Crippen LogP contribution in [0.1, 0.15) is 202 Å². The maximum absolute atomic E-state index is 14.0. The first-order valence-electron chi connectivity index (χ1n) is 41.1. The molecule has 668 valence electrons. The number of carbonyl (C=O) groups excluding carboxylic acids is 11. The average Bonchev–Trinajstić information content (AvgIpc) is 0.651. The Labute approximate surface area is 679 Å². The summed E-state index contributed by atoms with van der Waals surface area (Å²) in [4.78, 5) is 139. The largest absolute Gasteiger partial charge is 0.394 e. The van der Waals surface area contributed by atoms with E-state index >= 15 is 0 Å². The van der Waals surface area contributed by atoms with Gasteiger partial charge >= 0.3 is 0 Å². The first-order valence-corrected chi connectivity index (χ1v) is 41.1. The molecular formula is C77H136N10O29. The molecule has 1 saturated carbocycles. The van der Waals surface area contributed by atoms with Crippen LogP contribution in [0.15, 0.2) is 0 Å². The quantitative estimate of drug-likeness (QED) is 0.0264. The van der Waals surface area contributed by atoms with Crippen molar-refractivity contribution < 1.29 is 141 Å². The van der Waals surface area contributed by atoms with E-state index in [1.165, 1.54) is 20.8 Å². The smallest absolute Gasteiger partial charge is 0.222 e. The Morgan fingerprint density at radius 1 is 0.379 bits per heavy atom. The van der Waals surface area contributed by atoms with Gasteiger partial charge in [-0.3, -0.25) is 52.7 Å². The van der Waals surface area contributed by atoms with E-state index in [9.17, 15) is 98.7 Å². The molecule has 3 heterocycles. The van der Waals surface area contributed by atoms with Crippen LogP contribution in [0.5, 0.6) is 0 Å². The molecule has 15 atom stereocenters. The van der Waals surface area contributed by atoms with E-state index in [2.05, 4.69) is 53.2 Å². The van der Waals surface area contributed by atoms with Crippen LogP contribution in [0.25, 0.3) is 0 Å². The molecule has 19 N–H and O–H groups in total. The molecule has 10 amide bonds. The Hall–Kier alpha value is -6.35. The van der Waals surface area contributed by atoms with Gasteiger partial charge in [0, 0.05) is 137 Å². The van der Waals surface area contributed by atoms with Crippen molar-refractivity contribution in [3.8, 4) is 0 Å². The van der Waals surface area contributed by atoms with Gasteiger partial charge in [0.25, 0.3) is 0 Å². The van der Waals surface area contributed by atoms with E-state index in [-0.39, 0.29) is 196 Å². The highest BCUT2D eigenvalue weighted by molar-refractivity contribution is 5.83. The number of hydrogen-bond donors (Lipinski definition) is 19. The zero-order valence-electron chi connectivity index (χ0n) is 68.6. The average molecular weight is 1670 g/mol. The van der Waals surface area contributed by atoms with Crippen LogP contribution in [0.3, 0.4) is 0 Å². The van der Waals surface area contributed by atoms with Crippen molar-refractivity contribution in [3.63, 3.8) is 0 Å². The van der Waals surface area contributed by atoms with Crippen LogP contribution in [0.4, 0.5) is 0 Å². The highest BCUT2D eigenvalue weighted by atomic mass is 16.7. The minimum Gasteiger partial charge on any atom is -0.394 e. The molecule has 0 bridgehead atoms. The summed E-state index contributed by atoms with van der Waals surface area (Å²) >= 11 is 0. The molecule has 0 aromatic carbocycles. The number of ether oxygens (including phenoxy) is 9. The fourth-order valence-electron chi connectivity index (χ4n) is 13.6. The fraction of sp³-hybridized carbons (Fsp3) is 0.857. The second-order valence-corrected chi connectivity index (χ2v) is 31.2. The Balaban J connectivity index is 1.28. The lowest BCUT2D eigenvalue weighted by atomic mass is 9.53. The van der Waals surface area contributed by atoms with E-state index in [0.29, 0.717) is 70.6 Å². The second-order valence-electron chi connectivity index (χ2n) is 31.2. The number of rotatable bonds is 63. The van der Waals surface area contributed by atoms with E-state index in [0.717, 1.165) is 44.9 Å². The molecule has 39 heteroatoms. The summed E-state index contributed by atoms with van der Waals surface area (Å²) in [5.41, 5.74) is -4.88. The third kappa shape index (κ3) is 35.5. The van der Waals surface area contributed by atoms with Gasteiger partial charge in [-0.05, 0) is 70.6 Å². The summed E-state index contributed by atoms with van der Waals surface area (Å²) in [5, 5.41) is 119. The maximum Gasteiger partial charge on any atom is 0.222 e. The molecule has 4 rings (SSSR count). The van der Waals surface area contributed by atoms with Gasteiger partial charge < -0.3 is 142 Å². The second kappa shape index (κ2) is 54.7. The van der Waals surface area contributed by atoms with Gasteiger partial charge in [-0.1, -0.05) is 59.3 Å². The minimum absolute atomic E-state index is 0.0793. The molecule has 0 aromatic rings. The van der Waals surface area contributed by atoms with Crippen molar-refractivity contribution in [2.75, 3.05) is 119 Å². The molecular weight excluding hydrogens is 1530 g/mol. The number of nitrogens with one attached hydrogen (secondary N) is 10. The predicted molar refractivity (Wildman–Crippen MR) is 413 cm³/mol. The van der Waals surface area contributed by atoms with E-state index in [4.69, 9.17) is 42.6 Å². The molecule has 0 spiro atoms. The first kappa shape index (κ1) is 102. The Morgan fingerprint density at radius 2 is 0.716 bits per heavy atom. The first-order chi connectivity index (χ1) is 55.3. The summed E-state index contributed by atoms with van der Waals surface area (Å²) in [5.74, 6) is -3.44. The summed E-state index contributed by atoms with van der Waals surface area (Å²) in [7, 11) is 0. The highest BCUT2D eigenvalue weighted by Crippen LogP contribution is 2.57. The van der Waals surface area contributed by atoms with E-state index < -0.39 is 134 Å². The Bertz CT molecular complexity index is 2790. The number of aliphatic hydroxyl groups excluding tert-OH is 9. The van der Waals surface area contributed by atoms with Crippen LogP contribution < -0.4 is 53.2 Å². The number of Topliss-reactive ketones (excluding diaryl/α,β-unsaturated/α-hetero) is 1.